The normalized spacial score (nSPS) is 16.6. The molecular weight excluding hydrogens is 480 g/mol. The van der Waals surface area contributed by atoms with Gasteiger partial charge in [-0.2, -0.15) is 0 Å². The number of hydrogen-bond donors (Lipinski definition) is 2. The fourth-order valence-electron chi connectivity index (χ4n) is 4.57. The number of phenolic OH excluding ortho intramolecular Hbond substituents is 1. The van der Waals surface area contributed by atoms with Crippen LogP contribution in [0.4, 0.5) is 0 Å². The van der Waals surface area contributed by atoms with Crippen LogP contribution in [0.25, 0.3) is 5.76 Å². The number of aromatic hydroxyl groups is 1. The number of benzene rings is 3. The summed E-state index contributed by atoms with van der Waals surface area (Å²) in [5.41, 5.74) is 3.77. The highest BCUT2D eigenvalue weighted by Gasteiger charge is 2.46. The van der Waals surface area contributed by atoms with E-state index in [9.17, 15) is 19.8 Å². The predicted molar refractivity (Wildman–Crippen MR) is 142 cm³/mol. The van der Waals surface area contributed by atoms with Gasteiger partial charge in [0.15, 0.2) is 0 Å². The fraction of sp³-hybridized carbons (Fsp3) is 0.129. The van der Waals surface area contributed by atoms with Crippen molar-refractivity contribution in [2.45, 2.75) is 26.1 Å². The maximum Gasteiger partial charge on any atom is 0.295 e. The molecule has 7 nitrogen and oxygen atoms in total. The lowest BCUT2D eigenvalue weighted by Gasteiger charge is -2.25. The van der Waals surface area contributed by atoms with Gasteiger partial charge in [-0.25, -0.2) is 0 Å². The Hall–Kier alpha value is -4.91. The van der Waals surface area contributed by atoms with Crippen molar-refractivity contribution in [3.63, 3.8) is 0 Å². The molecule has 0 bridgehead atoms. The molecule has 2 N–H and O–H groups in total. The van der Waals surface area contributed by atoms with Gasteiger partial charge >= 0.3 is 0 Å². The molecule has 5 rings (SSSR count). The molecule has 7 heteroatoms. The molecule has 0 spiro atoms. The Morgan fingerprint density at radius 1 is 0.974 bits per heavy atom. The summed E-state index contributed by atoms with van der Waals surface area (Å²) >= 11 is 0. The third-order valence-electron chi connectivity index (χ3n) is 6.58. The zero-order chi connectivity index (χ0) is 26.6. The first-order valence-electron chi connectivity index (χ1n) is 12.2. The van der Waals surface area contributed by atoms with Crippen molar-refractivity contribution < 1.29 is 24.5 Å². The smallest absolute Gasteiger partial charge is 0.295 e. The molecule has 0 aliphatic carbocycles. The van der Waals surface area contributed by atoms with Gasteiger partial charge in [0.25, 0.3) is 11.7 Å². The van der Waals surface area contributed by atoms with E-state index in [4.69, 9.17) is 4.74 Å². The molecular formula is C31H26N2O5. The molecule has 1 aliphatic heterocycles. The van der Waals surface area contributed by atoms with E-state index in [2.05, 4.69) is 4.98 Å². The second-order valence-corrected chi connectivity index (χ2v) is 9.12. The van der Waals surface area contributed by atoms with E-state index in [1.54, 1.807) is 54.9 Å². The van der Waals surface area contributed by atoms with E-state index in [0.29, 0.717) is 23.5 Å². The SMILES string of the molecule is Cc1ccccc1COc1ccc(C(O)=C2C(=O)C(=O)N(Cc3cccnc3)[C@H]2c2cccc(O)c2)cc1. The van der Waals surface area contributed by atoms with Crippen LogP contribution in [0.2, 0.25) is 0 Å². The number of aromatic nitrogens is 1. The van der Waals surface area contributed by atoms with Crippen LogP contribution in [0.1, 0.15) is 33.9 Å². The van der Waals surface area contributed by atoms with Crippen molar-refractivity contribution in [3.8, 4) is 11.5 Å². The second-order valence-electron chi connectivity index (χ2n) is 9.12. The molecule has 3 aromatic carbocycles. The topological polar surface area (TPSA) is 100.0 Å². The summed E-state index contributed by atoms with van der Waals surface area (Å²) in [6.45, 7) is 2.53. The Labute approximate surface area is 220 Å². The molecule has 0 saturated carbocycles. The highest BCUT2D eigenvalue weighted by Crippen LogP contribution is 2.41. The average molecular weight is 507 g/mol. The lowest BCUT2D eigenvalue weighted by molar-refractivity contribution is -0.140. The van der Waals surface area contributed by atoms with Gasteiger partial charge in [0.1, 0.15) is 23.9 Å². The van der Waals surface area contributed by atoms with Gasteiger partial charge in [-0.1, -0.05) is 42.5 Å². The number of pyridine rings is 1. The minimum atomic E-state index is -0.890. The molecule has 0 radical (unpaired) electrons. The Bertz CT molecular complexity index is 1510. The van der Waals surface area contributed by atoms with E-state index in [0.717, 1.165) is 16.7 Å². The van der Waals surface area contributed by atoms with Crippen molar-refractivity contribution in [2.75, 3.05) is 0 Å². The Morgan fingerprint density at radius 2 is 1.76 bits per heavy atom. The third kappa shape index (κ3) is 4.99. The van der Waals surface area contributed by atoms with E-state index in [1.807, 2.05) is 37.3 Å². The van der Waals surface area contributed by atoms with Crippen LogP contribution in [0.3, 0.4) is 0 Å². The van der Waals surface area contributed by atoms with Crippen LogP contribution in [-0.2, 0) is 22.7 Å². The summed E-state index contributed by atoms with van der Waals surface area (Å²) in [6, 6.07) is 23.7. The third-order valence-corrected chi connectivity index (χ3v) is 6.58. The first-order chi connectivity index (χ1) is 18.4. The van der Waals surface area contributed by atoms with Gasteiger partial charge in [0, 0.05) is 24.5 Å². The number of ether oxygens (including phenoxy) is 1. The first-order valence-corrected chi connectivity index (χ1v) is 12.2. The van der Waals surface area contributed by atoms with Crippen LogP contribution in [0.5, 0.6) is 11.5 Å². The van der Waals surface area contributed by atoms with Crippen molar-refractivity contribution >= 4 is 17.4 Å². The molecule has 1 saturated heterocycles. The minimum absolute atomic E-state index is 0.00961. The maximum absolute atomic E-state index is 13.2. The van der Waals surface area contributed by atoms with E-state index in [1.165, 1.54) is 17.0 Å². The van der Waals surface area contributed by atoms with Gasteiger partial charge in [0.05, 0.1) is 11.6 Å². The summed E-state index contributed by atoms with van der Waals surface area (Å²) in [5.74, 6) is -1.23. The summed E-state index contributed by atoms with van der Waals surface area (Å²) in [4.78, 5) is 31.9. The molecule has 1 aromatic heterocycles. The van der Waals surface area contributed by atoms with Crippen LogP contribution in [-0.4, -0.2) is 31.8 Å². The molecule has 38 heavy (non-hydrogen) atoms. The molecule has 4 aromatic rings. The molecule has 1 aliphatic rings. The number of carbonyl (C=O) groups excluding carboxylic acids is 2. The predicted octanol–water partition coefficient (Wildman–Crippen LogP) is 5.30. The standard InChI is InChI=1S/C31H26N2O5/c1-20-6-2-3-8-24(20)19-38-26-13-11-22(12-14-26)29(35)27-28(23-9-4-10-25(34)16-23)33(31(37)30(27)36)18-21-7-5-15-32-17-21/h2-17,28,34-35H,18-19H2,1H3/t28-/m0/s1. The number of Topliss-reactive ketones (excluding diaryl/α,β-unsaturated/α-hetero) is 1. The number of rotatable bonds is 7. The first kappa shape index (κ1) is 24.8. The largest absolute Gasteiger partial charge is 0.508 e. The molecule has 0 unspecified atom stereocenters. The fourth-order valence-corrected chi connectivity index (χ4v) is 4.57. The number of amides is 1. The number of aliphatic hydroxyl groups excluding tert-OH is 1. The van der Waals surface area contributed by atoms with Gasteiger partial charge in [0.2, 0.25) is 0 Å². The van der Waals surface area contributed by atoms with Crippen LogP contribution in [0, 0.1) is 6.92 Å². The Kier molecular flexibility index (Phi) is 6.91. The van der Waals surface area contributed by atoms with E-state index in [-0.39, 0.29) is 23.6 Å². The summed E-state index contributed by atoms with van der Waals surface area (Å²) in [7, 11) is 0. The maximum atomic E-state index is 13.2. The minimum Gasteiger partial charge on any atom is -0.508 e. The molecule has 1 amide bonds. The summed E-state index contributed by atoms with van der Waals surface area (Å²) in [5, 5.41) is 21.4. The van der Waals surface area contributed by atoms with Gasteiger partial charge in [-0.05, 0) is 71.6 Å². The molecule has 1 fully saturated rings. The zero-order valence-electron chi connectivity index (χ0n) is 20.7. The highest BCUT2D eigenvalue weighted by atomic mass is 16.5. The number of likely N-dealkylation sites (tertiary alicyclic amines) is 1. The average Bonchev–Trinajstić information content (AvgIpc) is 3.18. The number of nitrogens with zero attached hydrogens (tertiary/aromatic N) is 2. The zero-order valence-corrected chi connectivity index (χ0v) is 20.7. The van der Waals surface area contributed by atoms with Crippen LogP contribution in [0.15, 0.2) is 103 Å². The number of aliphatic hydroxyl groups is 1. The molecule has 2 heterocycles. The number of carbonyl (C=O) groups is 2. The van der Waals surface area contributed by atoms with Gasteiger partial charge < -0.3 is 19.8 Å². The Balaban J connectivity index is 1.48. The van der Waals surface area contributed by atoms with Crippen molar-refractivity contribution in [2.24, 2.45) is 0 Å². The van der Waals surface area contributed by atoms with E-state index >= 15 is 0 Å². The second kappa shape index (κ2) is 10.6. The lowest BCUT2D eigenvalue weighted by atomic mass is 9.95. The van der Waals surface area contributed by atoms with Crippen molar-refractivity contribution in [1.82, 2.24) is 9.88 Å². The van der Waals surface area contributed by atoms with Gasteiger partial charge in [-0.15, -0.1) is 0 Å². The summed E-state index contributed by atoms with van der Waals surface area (Å²) < 4.78 is 5.90. The van der Waals surface area contributed by atoms with Crippen molar-refractivity contribution in [1.29, 1.82) is 0 Å². The monoisotopic (exact) mass is 506 g/mol. The van der Waals surface area contributed by atoms with Crippen LogP contribution < -0.4 is 4.74 Å². The molecule has 190 valence electrons. The van der Waals surface area contributed by atoms with E-state index < -0.39 is 17.7 Å². The summed E-state index contributed by atoms with van der Waals surface area (Å²) in [6.07, 6.45) is 3.24. The number of phenols is 1. The Morgan fingerprint density at radius 3 is 2.47 bits per heavy atom. The number of aryl methyl sites for hydroxylation is 1. The van der Waals surface area contributed by atoms with Crippen LogP contribution >= 0.6 is 0 Å². The number of ketones is 1. The quantitative estimate of drug-likeness (QED) is 0.201. The highest BCUT2D eigenvalue weighted by molar-refractivity contribution is 6.46. The number of hydrogen-bond acceptors (Lipinski definition) is 6. The van der Waals surface area contributed by atoms with Crippen molar-refractivity contribution in [3.05, 3.63) is 131 Å². The molecule has 1 atom stereocenters. The lowest BCUT2D eigenvalue weighted by Crippen LogP contribution is -2.29. The van der Waals surface area contributed by atoms with Gasteiger partial charge in [-0.3, -0.25) is 14.6 Å².